The smallest absolute Gasteiger partial charge is 0.219 e. The molecule has 6 heteroatoms. The minimum atomic E-state index is -0.0911. The quantitative estimate of drug-likeness (QED) is 0.471. The maximum atomic E-state index is 5.62. The Morgan fingerprint density at radius 3 is 2.76 bits per heavy atom. The molecule has 1 unspecified atom stereocenters. The van der Waals surface area contributed by atoms with Crippen LogP contribution < -0.4 is 21.9 Å². The second-order valence-corrected chi connectivity index (χ2v) is 3.71. The minimum Gasteiger partial charge on any atom is -0.493 e. The van der Waals surface area contributed by atoms with Crippen LogP contribution >= 0.6 is 0 Å². The largest absolute Gasteiger partial charge is 0.493 e. The highest BCUT2D eigenvalue weighted by Gasteiger charge is 2.20. The number of para-hydroxylation sites is 1. The van der Waals surface area contributed by atoms with Crippen molar-refractivity contribution in [2.75, 3.05) is 6.61 Å². The number of guanidine groups is 2. The Labute approximate surface area is 99.2 Å². The SMILES string of the molecule is NC(N)=NC(N)=NC1CCOc2ccccc21. The van der Waals surface area contributed by atoms with E-state index < -0.39 is 0 Å². The molecule has 6 N–H and O–H groups in total. The van der Waals surface area contributed by atoms with Crippen LogP contribution in [0, 0.1) is 0 Å². The molecule has 1 aliphatic heterocycles. The fourth-order valence-electron chi connectivity index (χ4n) is 1.78. The van der Waals surface area contributed by atoms with Gasteiger partial charge in [0.15, 0.2) is 5.96 Å². The lowest BCUT2D eigenvalue weighted by molar-refractivity contribution is 0.269. The van der Waals surface area contributed by atoms with E-state index >= 15 is 0 Å². The Morgan fingerprint density at radius 2 is 2.00 bits per heavy atom. The monoisotopic (exact) mass is 233 g/mol. The fraction of sp³-hybridized carbons (Fsp3) is 0.273. The Hall–Kier alpha value is -2.24. The van der Waals surface area contributed by atoms with Crippen LogP contribution in [0.25, 0.3) is 0 Å². The van der Waals surface area contributed by atoms with Gasteiger partial charge in [0.25, 0.3) is 0 Å². The fourth-order valence-corrected chi connectivity index (χ4v) is 1.78. The number of hydrogen-bond donors (Lipinski definition) is 3. The number of hydrogen-bond acceptors (Lipinski definition) is 2. The van der Waals surface area contributed by atoms with Crippen LogP contribution in [0.1, 0.15) is 18.0 Å². The van der Waals surface area contributed by atoms with E-state index in [-0.39, 0.29) is 18.0 Å². The van der Waals surface area contributed by atoms with Gasteiger partial charge in [0.1, 0.15) is 5.75 Å². The van der Waals surface area contributed by atoms with Crippen molar-refractivity contribution < 1.29 is 4.74 Å². The average Bonchev–Trinajstić information content (AvgIpc) is 2.28. The Morgan fingerprint density at radius 1 is 1.24 bits per heavy atom. The summed E-state index contributed by atoms with van der Waals surface area (Å²) in [6, 6.07) is 7.68. The Balaban J connectivity index is 2.27. The standard InChI is InChI=1S/C11H15N5O/c12-10(13)16-11(14)15-8-5-6-17-9-4-2-1-3-7(8)9/h1-4,8H,5-6H2,(H6,12,13,14,15,16). The number of rotatable bonds is 1. The van der Waals surface area contributed by atoms with Gasteiger partial charge in [-0.3, -0.25) is 0 Å². The zero-order chi connectivity index (χ0) is 12.3. The molecule has 90 valence electrons. The van der Waals surface area contributed by atoms with Crippen molar-refractivity contribution >= 4 is 11.9 Å². The molecule has 0 radical (unpaired) electrons. The third-order valence-electron chi connectivity index (χ3n) is 2.46. The predicted octanol–water partition coefficient (Wildman–Crippen LogP) is 0.0983. The van der Waals surface area contributed by atoms with E-state index in [2.05, 4.69) is 9.98 Å². The summed E-state index contributed by atoms with van der Waals surface area (Å²) >= 11 is 0. The summed E-state index contributed by atoms with van der Waals surface area (Å²) in [4.78, 5) is 7.99. The first-order valence-electron chi connectivity index (χ1n) is 5.31. The van der Waals surface area contributed by atoms with Gasteiger partial charge in [0, 0.05) is 12.0 Å². The lowest BCUT2D eigenvalue weighted by Crippen LogP contribution is -2.27. The molecule has 0 amide bonds. The van der Waals surface area contributed by atoms with Crippen LogP contribution in [0.15, 0.2) is 34.3 Å². The molecule has 0 saturated heterocycles. The van der Waals surface area contributed by atoms with E-state index in [1.807, 2.05) is 24.3 Å². The summed E-state index contributed by atoms with van der Waals surface area (Å²) in [5.41, 5.74) is 17.1. The molecule has 17 heavy (non-hydrogen) atoms. The zero-order valence-electron chi connectivity index (χ0n) is 9.34. The molecule has 1 heterocycles. The van der Waals surface area contributed by atoms with Gasteiger partial charge in [0.05, 0.1) is 12.6 Å². The molecular formula is C11H15N5O. The van der Waals surface area contributed by atoms with E-state index in [0.29, 0.717) is 6.61 Å². The van der Waals surface area contributed by atoms with E-state index in [1.54, 1.807) is 0 Å². The number of fused-ring (bicyclic) bond motifs is 1. The lowest BCUT2D eigenvalue weighted by Gasteiger charge is -2.22. The normalized spacial score (nSPS) is 19.1. The van der Waals surface area contributed by atoms with Crippen LogP contribution in [0.5, 0.6) is 5.75 Å². The van der Waals surface area contributed by atoms with Crippen molar-refractivity contribution in [3.05, 3.63) is 29.8 Å². The van der Waals surface area contributed by atoms with Gasteiger partial charge < -0.3 is 21.9 Å². The van der Waals surface area contributed by atoms with Crippen LogP contribution in [-0.4, -0.2) is 18.5 Å². The summed E-state index contributed by atoms with van der Waals surface area (Å²) in [6.45, 7) is 0.611. The van der Waals surface area contributed by atoms with Crippen molar-refractivity contribution in [3.8, 4) is 5.75 Å². The molecule has 1 aromatic carbocycles. The Bertz CT molecular complexity index is 465. The average molecular weight is 233 g/mol. The van der Waals surface area contributed by atoms with Crippen LogP contribution in [0.4, 0.5) is 0 Å². The highest BCUT2D eigenvalue weighted by molar-refractivity contribution is 5.92. The van der Waals surface area contributed by atoms with Crippen molar-refractivity contribution in [3.63, 3.8) is 0 Å². The van der Waals surface area contributed by atoms with E-state index in [9.17, 15) is 0 Å². The van der Waals surface area contributed by atoms with Crippen molar-refractivity contribution in [1.29, 1.82) is 0 Å². The van der Waals surface area contributed by atoms with Crippen LogP contribution in [-0.2, 0) is 0 Å². The molecule has 1 aromatic rings. The third kappa shape index (κ3) is 2.66. The molecular weight excluding hydrogens is 218 g/mol. The summed E-state index contributed by atoms with van der Waals surface area (Å²) in [7, 11) is 0. The van der Waals surface area contributed by atoms with Crippen LogP contribution in [0.3, 0.4) is 0 Å². The zero-order valence-corrected chi connectivity index (χ0v) is 9.34. The summed E-state index contributed by atoms with van der Waals surface area (Å²) in [6.07, 6.45) is 0.762. The predicted molar refractivity (Wildman–Crippen MR) is 66.7 cm³/mol. The maximum absolute atomic E-state index is 5.62. The first kappa shape index (κ1) is 11.3. The minimum absolute atomic E-state index is 0.0527. The van der Waals surface area contributed by atoms with Crippen molar-refractivity contribution in [1.82, 2.24) is 0 Å². The molecule has 0 aliphatic carbocycles. The number of nitrogens with two attached hydrogens (primary N) is 3. The van der Waals surface area contributed by atoms with Crippen LogP contribution in [0.2, 0.25) is 0 Å². The second-order valence-electron chi connectivity index (χ2n) is 3.71. The molecule has 0 aromatic heterocycles. The summed E-state index contributed by atoms with van der Waals surface area (Å²) in [5, 5.41) is 0. The lowest BCUT2D eigenvalue weighted by atomic mass is 10.0. The van der Waals surface area contributed by atoms with E-state index in [1.165, 1.54) is 0 Å². The van der Waals surface area contributed by atoms with Gasteiger partial charge in [-0.2, -0.15) is 4.99 Å². The Kier molecular flexibility index (Phi) is 3.13. The number of benzene rings is 1. The second kappa shape index (κ2) is 4.73. The molecule has 1 atom stereocenters. The first-order valence-corrected chi connectivity index (χ1v) is 5.31. The summed E-state index contributed by atoms with van der Waals surface area (Å²) in [5.74, 6) is 0.836. The van der Waals surface area contributed by atoms with Crippen molar-refractivity contribution in [2.45, 2.75) is 12.5 Å². The molecule has 1 aliphatic rings. The summed E-state index contributed by atoms with van der Waals surface area (Å²) < 4.78 is 5.52. The van der Waals surface area contributed by atoms with Gasteiger partial charge in [-0.05, 0) is 6.07 Å². The van der Waals surface area contributed by atoms with E-state index in [4.69, 9.17) is 21.9 Å². The van der Waals surface area contributed by atoms with Gasteiger partial charge in [-0.15, -0.1) is 0 Å². The molecule has 2 rings (SSSR count). The molecule has 0 fully saturated rings. The number of ether oxygens (including phenoxy) is 1. The first-order chi connectivity index (χ1) is 8.16. The van der Waals surface area contributed by atoms with Gasteiger partial charge in [-0.1, -0.05) is 18.2 Å². The molecule has 0 spiro atoms. The molecule has 0 bridgehead atoms. The van der Waals surface area contributed by atoms with E-state index in [0.717, 1.165) is 17.7 Å². The number of aliphatic imine (C=N–C) groups is 2. The maximum Gasteiger partial charge on any atom is 0.219 e. The van der Waals surface area contributed by atoms with Gasteiger partial charge in [0.2, 0.25) is 5.96 Å². The third-order valence-corrected chi connectivity index (χ3v) is 2.46. The highest BCUT2D eigenvalue weighted by Crippen LogP contribution is 2.33. The van der Waals surface area contributed by atoms with Crippen molar-refractivity contribution in [2.24, 2.45) is 27.2 Å². The molecule has 6 nitrogen and oxygen atoms in total. The van der Waals surface area contributed by atoms with Gasteiger partial charge in [-0.25, -0.2) is 4.99 Å². The highest BCUT2D eigenvalue weighted by atomic mass is 16.5. The van der Waals surface area contributed by atoms with Gasteiger partial charge >= 0.3 is 0 Å². The molecule has 0 saturated carbocycles. The number of nitrogens with zero attached hydrogens (tertiary/aromatic N) is 2. The topological polar surface area (TPSA) is 112 Å².